The second kappa shape index (κ2) is 8.34. The molecule has 3 heterocycles. The first-order valence-corrected chi connectivity index (χ1v) is 10.5. The van der Waals surface area contributed by atoms with Crippen LogP contribution >= 0.6 is 0 Å². The highest BCUT2D eigenvalue weighted by Crippen LogP contribution is 2.24. The molecule has 0 bridgehead atoms. The highest BCUT2D eigenvalue weighted by molar-refractivity contribution is 5.68. The Labute approximate surface area is 177 Å². The van der Waals surface area contributed by atoms with Crippen LogP contribution in [0, 0.1) is 5.92 Å². The van der Waals surface area contributed by atoms with Crippen molar-refractivity contribution in [2.75, 3.05) is 18.4 Å². The van der Waals surface area contributed by atoms with Crippen molar-refractivity contribution in [2.24, 2.45) is 5.92 Å². The number of piperidine rings is 1. The van der Waals surface area contributed by atoms with Crippen molar-refractivity contribution in [3.63, 3.8) is 0 Å². The predicted octanol–water partition coefficient (Wildman–Crippen LogP) is 4.66. The van der Waals surface area contributed by atoms with Crippen molar-refractivity contribution in [1.29, 1.82) is 0 Å². The quantitative estimate of drug-likeness (QED) is 0.681. The normalized spacial score (nSPS) is 15.4. The van der Waals surface area contributed by atoms with Gasteiger partial charge in [0.2, 0.25) is 5.95 Å². The number of carbonyl (C=O) groups excluding carboxylic acids is 1. The third kappa shape index (κ3) is 4.90. The van der Waals surface area contributed by atoms with Gasteiger partial charge in [-0.25, -0.2) is 9.31 Å². The minimum absolute atomic E-state index is 0.212. The van der Waals surface area contributed by atoms with E-state index in [1.165, 1.54) is 0 Å². The van der Waals surface area contributed by atoms with Crippen molar-refractivity contribution >= 4 is 23.4 Å². The molecule has 0 spiro atoms. The van der Waals surface area contributed by atoms with E-state index >= 15 is 0 Å². The number of amides is 1. The molecule has 2 aromatic heterocycles. The number of aromatic nitrogens is 3. The molecule has 0 saturated carbocycles. The number of hydrogen-bond donors (Lipinski definition) is 1. The van der Waals surface area contributed by atoms with Crippen LogP contribution in [0.4, 0.5) is 16.4 Å². The number of hydrogen-bond acceptors (Lipinski definition) is 5. The maximum absolute atomic E-state index is 12.3. The first-order chi connectivity index (χ1) is 14.4. The molecule has 1 aliphatic rings. The lowest BCUT2D eigenvalue weighted by atomic mass is 9.92. The number of pyridine rings is 1. The molecule has 1 aromatic carbocycles. The molecule has 0 aliphatic carbocycles. The molecular weight excluding hydrogens is 378 g/mol. The molecule has 1 N–H and O–H groups in total. The van der Waals surface area contributed by atoms with Crippen molar-refractivity contribution in [1.82, 2.24) is 19.5 Å². The molecule has 7 heteroatoms. The minimum Gasteiger partial charge on any atom is -0.444 e. The van der Waals surface area contributed by atoms with Gasteiger partial charge in [0.05, 0.1) is 0 Å². The van der Waals surface area contributed by atoms with Crippen molar-refractivity contribution in [2.45, 2.75) is 45.6 Å². The average Bonchev–Trinajstić information content (AvgIpc) is 3.11. The van der Waals surface area contributed by atoms with Crippen molar-refractivity contribution in [3.8, 4) is 0 Å². The number of carbonyl (C=O) groups is 1. The zero-order valence-corrected chi connectivity index (χ0v) is 17.8. The standard InChI is InChI=1S/C23H29N5O2/c1-23(2,3)30-22(29)27-14-12-17(13-15-27)16-19-10-7-11-20-25-21(26-28(19)20)24-18-8-5-4-6-9-18/h4-11,17H,12-16H2,1-3H3,(H,24,26). The van der Waals surface area contributed by atoms with Crippen LogP contribution in [-0.2, 0) is 11.2 Å². The first kappa shape index (κ1) is 20.2. The predicted molar refractivity (Wildman–Crippen MR) is 117 cm³/mol. The molecular formula is C23H29N5O2. The number of nitrogens with one attached hydrogen (secondary N) is 1. The highest BCUT2D eigenvalue weighted by Gasteiger charge is 2.27. The Morgan fingerprint density at radius 3 is 2.53 bits per heavy atom. The van der Waals surface area contributed by atoms with Gasteiger partial charge in [0.1, 0.15) is 5.60 Å². The number of ether oxygens (including phenoxy) is 1. The van der Waals surface area contributed by atoms with Gasteiger partial charge in [-0.3, -0.25) is 0 Å². The molecule has 1 aliphatic heterocycles. The summed E-state index contributed by atoms with van der Waals surface area (Å²) >= 11 is 0. The van der Waals surface area contributed by atoms with Crippen molar-refractivity contribution in [3.05, 3.63) is 54.2 Å². The van der Waals surface area contributed by atoms with Crippen LogP contribution < -0.4 is 5.32 Å². The summed E-state index contributed by atoms with van der Waals surface area (Å²) in [6, 6.07) is 16.0. The smallest absolute Gasteiger partial charge is 0.410 e. The fraction of sp³-hybridized carbons (Fsp3) is 0.435. The van der Waals surface area contributed by atoms with Crippen molar-refractivity contribution < 1.29 is 9.53 Å². The fourth-order valence-corrected chi connectivity index (χ4v) is 3.76. The van der Waals surface area contributed by atoms with Gasteiger partial charge in [0, 0.05) is 24.5 Å². The van der Waals surface area contributed by atoms with Crippen LogP contribution in [0.2, 0.25) is 0 Å². The van der Waals surface area contributed by atoms with E-state index in [1.807, 2.05) is 72.7 Å². The van der Waals surface area contributed by atoms with Crippen LogP contribution in [0.3, 0.4) is 0 Å². The maximum atomic E-state index is 12.3. The number of benzene rings is 1. The van der Waals surface area contributed by atoms with Crippen LogP contribution in [-0.4, -0.2) is 44.3 Å². The number of fused-ring (bicyclic) bond motifs is 1. The molecule has 1 amide bonds. The summed E-state index contributed by atoms with van der Waals surface area (Å²) < 4.78 is 7.42. The van der Waals surface area contributed by atoms with Crippen LogP contribution in [0.25, 0.3) is 5.65 Å². The van der Waals surface area contributed by atoms with Gasteiger partial charge in [-0.15, -0.1) is 5.10 Å². The lowest BCUT2D eigenvalue weighted by molar-refractivity contribution is 0.0184. The minimum atomic E-state index is -0.456. The summed E-state index contributed by atoms with van der Waals surface area (Å²) in [4.78, 5) is 18.7. The van der Waals surface area contributed by atoms with Crippen LogP contribution in [0.5, 0.6) is 0 Å². The van der Waals surface area contributed by atoms with E-state index < -0.39 is 5.60 Å². The topological polar surface area (TPSA) is 71.8 Å². The number of para-hydroxylation sites is 1. The lowest BCUT2D eigenvalue weighted by Gasteiger charge is -2.33. The Kier molecular flexibility index (Phi) is 5.61. The zero-order chi connectivity index (χ0) is 21.1. The summed E-state index contributed by atoms with van der Waals surface area (Å²) in [6.07, 6.45) is 2.61. The summed E-state index contributed by atoms with van der Waals surface area (Å²) in [5.74, 6) is 1.09. The van der Waals surface area contributed by atoms with E-state index in [4.69, 9.17) is 4.74 Å². The number of anilines is 2. The Hall–Kier alpha value is -3.09. The first-order valence-electron chi connectivity index (χ1n) is 10.5. The van der Waals surface area contributed by atoms with Crippen LogP contribution in [0.15, 0.2) is 48.5 Å². The van der Waals surface area contributed by atoms with Gasteiger partial charge in [0.15, 0.2) is 5.65 Å². The molecule has 0 radical (unpaired) electrons. The number of rotatable bonds is 4. The Morgan fingerprint density at radius 1 is 1.10 bits per heavy atom. The third-order valence-electron chi connectivity index (χ3n) is 5.23. The second-order valence-electron chi connectivity index (χ2n) is 8.83. The molecule has 0 atom stereocenters. The number of likely N-dealkylation sites (tertiary alicyclic amines) is 1. The van der Waals surface area contributed by atoms with E-state index in [2.05, 4.69) is 21.5 Å². The van der Waals surface area contributed by atoms with Gasteiger partial charge in [-0.1, -0.05) is 24.3 Å². The van der Waals surface area contributed by atoms with Gasteiger partial charge in [-0.2, -0.15) is 4.98 Å². The number of nitrogens with zero attached hydrogens (tertiary/aromatic N) is 4. The fourth-order valence-electron chi connectivity index (χ4n) is 3.76. The van der Waals surface area contributed by atoms with E-state index in [9.17, 15) is 4.79 Å². The average molecular weight is 408 g/mol. The van der Waals surface area contributed by atoms with Gasteiger partial charge < -0.3 is 15.0 Å². The SMILES string of the molecule is CC(C)(C)OC(=O)N1CCC(Cc2cccc3nc(Nc4ccccc4)nn23)CC1. The second-order valence-corrected chi connectivity index (χ2v) is 8.83. The van der Waals surface area contributed by atoms with Gasteiger partial charge in [0.25, 0.3) is 0 Å². The summed E-state index contributed by atoms with van der Waals surface area (Å²) in [7, 11) is 0. The Bertz CT molecular complexity index is 1000. The van der Waals surface area contributed by atoms with E-state index in [1.54, 1.807) is 0 Å². The van der Waals surface area contributed by atoms with E-state index in [-0.39, 0.29) is 6.09 Å². The summed E-state index contributed by atoms with van der Waals surface area (Å²) in [6.45, 7) is 7.16. The highest BCUT2D eigenvalue weighted by atomic mass is 16.6. The van der Waals surface area contributed by atoms with Gasteiger partial charge >= 0.3 is 6.09 Å². The van der Waals surface area contributed by atoms with Crippen LogP contribution in [0.1, 0.15) is 39.3 Å². The molecule has 7 nitrogen and oxygen atoms in total. The largest absolute Gasteiger partial charge is 0.444 e. The maximum Gasteiger partial charge on any atom is 0.410 e. The molecule has 3 aromatic rings. The molecule has 4 rings (SSSR count). The van der Waals surface area contributed by atoms with E-state index in [0.29, 0.717) is 11.9 Å². The molecule has 158 valence electrons. The van der Waals surface area contributed by atoms with E-state index in [0.717, 1.165) is 49.4 Å². The zero-order valence-electron chi connectivity index (χ0n) is 17.8. The Morgan fingerprint density at radius 2 is 1.83 bits per heavy atom. The molecule has 0 unspecified atom stereocenters. The third-order valence-corrected chi connectivity index (χ3v) is 5.23. The van der Waals surface area contributed by atoms with Gasteiger partial charge in [-0.05, 0) is 70.2 Å². The molecule has 1 fully saturated rings. The molecule has 1 saturated heterocycles. The molecule has 30 heavy (non-hydrogen) atoms. The summed E-state index contributed by atoms with van der Waals surface area (Å²) in [5, 5.41) is 7.93. The lowest BCUT2D eigenvalue weighted by Crippen LogP contribution is -2.42. The monoisotopic (exact) mass is 407 g/mol. The Balaban J connectivity index is 1.40. The summed E-state index contributed by atoms with van der Waals surface area (Å²) in [5.41, 5.74) is 2.47.